The Bertz CT molecular complexity index is 722. The Hall–Kier alpha value is -3.16. The molecule has 132 valence electrons. The zero-order chi connectivity index (χ0) is 18.1. The molecule has 0 aliphatic heterocycles. The Morgan fingerprint density at radius 3 is 2.64 bits per heavy atom. The highest BCUT2D eigenvalue weighted by atomic mass is 19.1. The number of pyridine rings is 1. The van der Waals surface area contributed by atoms with Crippen molar-refractivity contribution in [2.45, 2.75) is 13.5 Å². The van der Waals surface area contributed by atoms with Crippen LogP contribution in [0.15, 0.2) is 42.6 Å². The lowest BCUT2D eigenvalue weighted by molar-refractivity contribution is -0.123. The number of amides is 3. The molecule has 1 heterocycles. The summed E-state index contributed by atoms with van der Waals surface area (Å²) in [5.74, 6) is -0.530. The summed E-state index contributed by atoms with van der Waals surface area (Å²) in [5.41, 5.74) is 0.900. The predicted molar refractivity (Wildman–Crippen MR) is 90.7 cm³/mol. The third-order valence-electron chi connectivity index (χ3n) is 3.12. The third-order valence-corrected chi connectivity index (χ3v) is 3.12. The quantitative estimate of drug-likeness (QED) is 0.715. The second kappa shape index (κ2) is 9.21. The van der Waals surface area contributed by atoms with Gasteiger partial charge in [-0.25, -0.2) is 14.2 Å². The van der Waals surface area contributed by atoms with Crippen LogP contribution in [0.5, 0.6) is 5.88 Å². The Labute approximate surface area is 144 Å². The lowest BCUT2D eigenvalue weighted by Gasteiger charge is -2.09. The molecular weight excluding hydrogens is 327 g/mol. The molecule has 0 aliphatic carbocycles. The van der Waals surface area contributed by atoms with Crippen LogP contribution >= 0.6 is 0 Å². The number of rotatable bonds is 7. The van der Waals surface area contributed by atoms with E-state index in [1.54, 1.807) is 24.3 Å². The summed E-state index contributed by atoms with van der Waals surface area (Å²) in [6.45, 7) is 2.16. The van der Waals surface area contributed by atoms with Crippen LogP contribution in [0.4, 0.5) is 14.9 Å². The SMILES string of the molecule is CCNC(=O)Nc1ccc(OCC(=O)NCc2ccccc2F)nc1. The normalized spacial score (nSPS) is 10.0. The van der Waals surface area contributed by atoms with Gasteiger partial charge >= 0.3 is 6.03 Å². The van der Waals surface area contributed by atoms with Gasteiger partial charge in [-0.2, -0.15) is 0 Å². The van der Waals surface area contributed by atoms with E-state index in [0.717, 1.165) is 0 Å². The van der Waals surface area contributed by atoms with Gasteiger partial charge in [0.1, 0.15) is 5.82 Å². The van der Waals surface area contributed by atoms with E-state index < -0.39 is 5.91 Å². The van der Waals surface area contributed by atoms with E-state index in [-0.39, 0.29) is 30.9 Å². The molecule has 0 saturated heterocycles. The van der Waals surface area contributed by atoms with Gasteiger partial charge in [0.15, 0.2) is 6.61 Å². The molecule has 2 rings (SSSR count). The minimum absolute atomic E-state index is 0.0810. The smallest absolute Gasteiger partial charge is 0.319 e. The maximum absolute atomic E-state index is 13.4. The summed E-state index contributed by atoms with van der Waals surface area (Å²) < 4.78 is 18.7. The first kappa shape index (κ1) is 18.2. The first-order chi connectivity index (χ1) is 12.1. The minimum Gasteiger partial charge on any atom is -0.468 e. The predicted octanol–water partition coefficient (Wildman–Crippen LogP) is 2.06. The Morgan fingerprint density at radius 1 is 1.16 bits per heavy atom. The monoisotopic (exact) mass is 346 g/mol. The Balaban J connectivity index is 1.76. The topological polar surface area (TPSA) is 92.4 Å². The fourth-order valence-electron chi connectivity index (χ4n) is 1.90. The number of urea groups is 1. The summed E-state index contributed by atoms with van der Waals surface area (Å²) in [5, 5.41) is 7.75. The molecule has 0 radical (unpaired) electrons. The highest BCUT2D eigenvalue weighted by Gasteiger charge is 2.06. The number of benzene rings is 1. The van der Waals surface area contributed by atoms with E-state index in [1.165, 1.54) is 18.3 Å². The van der Waals surface area contributed by atoms with Gasteiger partial charge in [0.25, 0.3) is 5.91 Å². The average molecular weight is 346 g/mol. The summed E-state index contributed by atoms with van der Waals surface area (Å²) in [6, 6.07) is 9.02. The van der Waals surface area contributed by atoms with Crippen molar-refractivity contribution >= 4 is 17.6 Å². The number of carbonyl (C=O) groups excluding carboxylic acids is 2. The van der Waals surface area contributed by atoms with E-state index in [4.69, 9.17) is 4.74 Å². The van der Waals surface area contributed by atoms with Crippen LogP contribution in [0.1, 0.15) is 12.5 Å². The van der Waals surface area contributed by atoms with Crippen molar-refractivity contribution in [2.24, 2.45) is 0 Å². The maximum Gasteiger partial charge on any atom is 0.319 e. The van der Waals surface area contributed by atoms with E-state index in [2.05, 4.69) is 20.9 Å². The Morgan fingerprint density at radius 2 is 1.96 bits per heavy atom. The van der Waals surface area contributed by atoms with Gasteiger partial charge in [-0.05, 0) is 19.1 Å². The molecule has 25 heavy (non-hydrogen) atoms. The molecule has 1 aromatic carbocycles. The Kier molecular flexibility index (Phi) is 6.70. The van der Waals surface area contributed by atoms with Crippen molar-refractivity contribution in [3.63, 3.8) is 0 Å². The first-order valence-corrected chi connectivity index (χ1v) is 7.72. The molecule has 8 heteroatoms. The fraction of sp³-hybridized carbons (Fsp3) is 0.235. The molecule has 0 saturated carbocycles. The van der Waals surface area contributed by atoms with E-state index in [1.807, 2.05) is 6.92 Å². The van der Waals surface area contributed by atoms with Crippen LogP contribution in [-0.4, -0.2) is 30.1 Å². The lowest BCUT2D eigenvalue weighted by atomic mass is 10.2. The zero-order valence-corrected chi connectivity index (χ0v) is 13.7. The number of carbonyl (C=O) groups is 2. The van der Waals surface area contributed by atoms with Gasteiger partial charge < -0.3 is 20.7 Å². The standard InChI is InChI=1S/C17H19FN4O3/c1-2-19-17(24)22-13-7-8-16(21-10-13)25-11-15(23)20-9-12-5-3-4-6-14(12)18/h3-8,10H,2,9,11H2,1H3,(H,20,23)(H2,19,22,24). The molecule has 7 nitrogen and oxygen atoms in total. The molecule has 1 aromatic heterocycles. The van der Waals surface area contributed by atoms with E-state index >= 15 is 0 Å². The zero-order valence-electron chi connectivity index (χ0n) is 13.7. The molecule has 0 aliphatic rings. The van der Waals surface area contributed by atoms with E-state index in [9.17, 15) is 14.0 Å². The maximum atomic E-state index is 13.4. The van der Waals surface area contributed by atoms with Crippen molar-refractivity contribution in [1.29, 1.82) is 0 Å². The number of aromatic nitrogens is 1. The number of halogens is 1. The number of anilines is 1. The molecule has 0 spiro atoms. The summed E-state index contributed by atoms with van der Waals surface area (Å²) in [4.78, 5) is 27.1. The number of hydrogen-bond acceptors (Lipinski definition) is 4. The summed E-state index contributed by atoms with van der Waals surface area (Å²) in [7, 11) is 0. The van der Waals surface area contributed by atoms with Crippen molar-refractivity contribution in [2.75, 3.05) is 18.5 Å². The number of hydrogen-bond donors (Lipinski definition) is 3. The molecule has 2 aromatic rings. The molecular formula is C17H19FN4O3. The van der Waals surface area contributed by atoms with Crippen molar-refractivity contribution in [3.05, 3.63) is 54.0 Å². The van der Waals surface area contributed by atoms with Crippen molar-refractivity contribution < 1.29 is 18.7 Å². The van der Waals surface area contributed by atoms with Crippen LogP contribution in [0.2, 0.25) is 0 Å². The molecule has 0 atom stereocenters. The molecule has 0 unspecified atom stereocenters. The van der Waals surface area contributed by atoms with Crippen LogP contribution in [0.25, 0.3) is 0 Å². The molecule has 3 N–H and O–H groups in total. The summed E-state index contributed by atoms with van der Waals surface area (Å²) >= 11 is 0. The van der Waals surface area contributed by atoms with Gasteiger partial charge in [-0.1, -0.05) is 18.2 Å². The second-order valence-electron chi connectivity index (χ2n) is 5.03. The van der Waals surface area contributed by atoms with Gasteiger partial charge in [-0.15, -0.1) is 0 Å². The molecule has 0 bridgehead atoms. The van der Waals surface area contributed by atoms with Crippen LogP contribution < -0.4 is 20.7 Å². The number of ether oxygens (including phenoxy) is 1. The second-order valence-corrected chi connectivity index (χ2v) is 5.03. The molecule has 0 fully saturated rings. The average Bonchev–Trinajstić information content (AvgIpc) is 2.60. The third kappa shape index (κ3) is 6.09. The van der Waals surface area contributed by atoms with E-state index in [0.29, 0.717) is 17.8 Å². The highest BCUT2D eigenvalue weighted by molar-refractivity contribution is 5.88. The number of nitrogens with one attached hydrogen (secondary N) is 3. The highest BCUT2D eigenvalue weighted by Crippen LogP contribution is 2.11. The van der Waals surface area contributed by atoms with Crippen molar-refractivity contribution in [1.82, 2.24) is 15.6 Å². The lowest BCUT2D eigenvalue weighted by Crippen LogP contribution is -2.29. The van der Waals surface area contributed by atoms with Crippen molar-refractivity contribution in [3.8, 4) is 5.88 Å². The van der Waals surface area contributed by atoms with Crippen LogP contribution in [0.3, 0.4) is 0 Å². The first-order valence-electron chi connectivity index (χ1n) is 7.72. The van der Waals surface area contributed by atoms with Crippen LogP contribution in [-0.2, 0) is 11.3 Å². The summed E-state index contributed by atoms with van der Waals surface area (Å²) in [6.07, 6.45) is 1.42. The number of nitrogens with zero attached hydrogens (tertiary/aromatic N) is 1. The van der Waals surface area contributed by atoms with Gasteiger partial charge in [0.05, 0.1) is 11.9 Å². The van der Waals surface area contributed by atoms with Gasteiger partial charge in [0, 0.05) is 24.7 Å². The fourth-order valence-corrected chi connectivity index (χ4v) is 1.90. The minimum atomic E-state index is -0.394. The van der Waals surface area contributed by atoms with Gasteiger partial charge in [-0.3, -0.25) is 4.79 Å². The molecule has 3 amide bonds. The van der Waals surface area contributed by atoms with Gasteiger partial charge in [0.2, 0.25) is 5.88 Å². The largest absolute Gasteiger partial charge is 0.468 e. The van der Waals surface area contributed by atoms with Crippen LogP contribution in [0, 0.1) is 5.82 Å².